The van der Waals surface area contributed by atoms with Crippen LogP contribution in [-0.2, 0) is 9.59 Å². The highest BCUT2D eigenvalue weighted by molar-refractivity contribution is 7.80. The van der Waals surface area contributed by atoms with E-state index in [1.807, 2.05) is 0 Å². The zero-order valence-corrected chi connectivity index (χ0v) is 8.48. The second kappa shape index (κ2) is 5.47. The highest BCUT2D eigenvalue weighted by Crippen LogP contribution is 1.83. The molecular formula is C7H13N3O2S. The lowest BCUT2D eigenvalue weighted by molar-refractivity contribution is -0.144. The molecule has 3 N–H and O–H groups in total. The van der Waals surface area contributed by atoms with Crippen molar-refractivity contribution in [1.82, 2.24) is 10.2 Å². The molecule has 0 saturated heterocycles. The van der Waals surface area contributed by atoms with Gasteiger partial charge >= 0.3 is 11.8 Å². The van der Waals surface area contributed by atoms with Crippen LogP contribution in [-0.4, -0.2) is 41.8 Å². The maximum absolute atomic E-state index is 11.1. The molecular weight excluding hydrogens is 190 g/mol. The molecule has 0 aromatic rings. The van der Waals surface area contributed by atoms with Crippen LogP contribution in [0.1, 0.15) is 6.92 Å². The van der Waals surface area contributed by atoms with Crippen LogP contribution >= 0.6 is 12.2 Å². The number of amides is 2. The summed E-state index contributed by atoms with van der Waals surface area (Å²) in [5.74, 6) is -1.27. The number of nitrogens with two attached hydrogens (primary N) is 1. The molecule has 2 amide bonds. The van der Waals surface area contributed by atoms with Crippen LogP contribution in [0, 0.1) is 0 Å². The Labute approximate surface area is 82.3 Å². The number of likely N-dealkylation sites (N-methyl/N-ethyl adjacent to an activating group) is 1. The van der Waals surface area contributed by atoms with Crippen molar-refractivity contribution in [3.8, 4) is 0 Å². The molecule has 74 valence electrons. The maximum Gasteiger partial charge on any atom is 0.311 e. The van der Waals surface area contributed by atoms with E-state index in [2.05, 4.69) is 17.5 Å². The topological polar surface area (TPSA) is 75.4 Å². The largest absolute Gasteiger partial charge is 0.392 e. The number of nitrogens with zero attached hydrogens (tertiary/aromatic N) is 1. The monoisotopic (exact) mass is 203 g/mol. The molecule has 0 fully saturated rings. The van der Waals surface area contributed by atoms with Crippen LogP contribution in [0.25, 0.3) is 0 Å². The summed E-state index contributed by atoms with van der Waals surface area (Å²) in [6.45, 7) is 2.32. The Morgan fingerprint density at radius 1 is 1.54 bits per heavy atom. The molecule has 0 aliphatic rings. The first-order chi connectivity index (χ1) is 5.99. The van der Waals surface area contributed by atoms with Crippen molar-refractivity contribution < 1.29 is 9.59 Å². The zero-order chi connectivity index (χ0) is 10.4. The number of hydrogen-bond donors (Lipinski definition) is 2. The Morgan fingerprint density at radius 2 is 2.08 bits per heavy atom. The minimum absolute atomic E-state index is 0.0530. The lowest BCUT2D eigenvalue weighted by Gasteiger charge is -2.13. The van der Waals surface area contributed by atoms with Gasteiger partial charge in [0.15, 0.2) is 0 Å². The van der Waals surface area contributed by atoms with Gasteiger partial charge in [0.2, 0.25) is 0 Å². The van der Waals surface area contributed by atoms with Gasteiger partial charge in [-0.05, 0) is 6.92 Å². The van der Waals surface area contributed by atoms with Crippen LogP contribution in [0.15, 0.2) is 0 Å². The highest BCUT2D eigenvalue weighted by Gasteiger charge is 2.16. The van der Waals surface area contributed by atoms with Crippen molar-refractivity contribution in [3.63, 3.8) is 0 Å². The summed E-state index contributed by atoms with van der Waals surface area (Å²) in [5.41, 5.74) is 5.14. The van der Waals surface area contributed by atoms with E-state index in [0.29, 0.717) is 6.54 Å². The van der Waals surface area contributed by atoms with Crippen molar-refractivity contribution in [2.75, 3.05) is 20.1 Å². The van der Waals surface area contributed by atoms with E-state index in [1.165, 1.54) is 4.90 Å². The van der Waals surface area contributed by atoms with Gasteiger partial charge in [0.1, 0.15) is 0 Å². The van der Waals surface area contributed by atoms with Gasteiger partial charge in [0.25, 0.3) is 0 Å². The Kier molecular flexibility index (Phi) is 4.98. The van der Waals surface area contributed by atoms with Crippen LogP contribution in [0.2, 0.25) is 0 Å². The standard InChI is InChI=1S/C7H13N3O2S/c1-3-10(2)7(12)6(11)9-4-5(8)13/h3-4H2,1-2H3,(H2,8,13)(H,9,11). The number of thiocarbonyl (C=S) groups is 1. The fourth-order valence-electron chi connectivity index (χ4n) is 0.560. The fourth-order valence-corrected chi connectivity index (χ4v) is 0.632. The molecule has 0 atom stereocenters. The van der Waals surface area contributed by atoms with Gasteiger partial charge in [0.05, 0.1) is 11.5 Å². The minimum atomic E-state index is -0.683. The quantitative estimate of drug-likeness (QED) is 0.449. The Balaban J connectivity index is 3.97. The van der Waals surface area contributed by atoms with Crippen LogP contribution < -0.4 is 11.1 Å². The van der Waals surface area contributed by atoms with Gasteiger partial charge in [-0.3, -0.25) is 9.59 Å². The minimum Gasteiger partial charge on any atom is -0.392 e. The molecule has 0 bridgehead atoms. The van der Waals surface area contributed by atoms with E-state index in [0.717, 1.165) is 0 Å². The molecule has 0 radical (unpaired) electrons. The zero-order valence-electron chi connectivity index (χ0n) is 7.66. The molecule has 0 rings (SSSR count). The Hall–Kier alpha value is -1.17. The van der Waals surface area contributed by atoms with E-state index in [4.69, 9.17) is 5.73 Å². The van der Waals surface area contributed by atoms with Crippen molar-refractivity contribution in [3.05, 3.63) is 0 Å². The second-order valence-corrected chi connectivity index (χ2v) is 2.99. The lowest BCUT2D eigenvalue weighted by Crippen LogP contribution is -2.43. The van der Waals surface area contributed by atoms with Crippen LogP contribution in [0.4, 0.5) is 0 Å². The summed E-state index contributed by atoms with van der Waals surface area (Å²) in [7, 11) is 1.54. The van der Waals surface area contributed by atoms with Crippen LogP contribution in [0.3, 0.4) is 0 Å². The summed E-state index contributed by atoms with van der Waals surface area (Å²) in [6.07, 6.45) is 0. The summed E-state index contributed by atoms with van der Waals surface area (Å²) in [5, 5.41) is 2.30. The van der Waals surface area contributed by atoms with Gasteiger partial charge in [-0.1, -0.05) is 12.2 Å². The molecule has 0 aromatic carbocycles. The first-order valence-corrected chi connectivity index (χ1v) is 4.21. The van der Waals surface area contributed by atoms with Gasteiger partial charge < -0.3 is 16.0 Å². The molecule has 0 heterocycles. The third kappa shape index (κ3) is 4.41. The van der Waals surface area contributed by atoms with Gasteiger partial charge in [-0.2, -0.15) is 0 Å². The molecule has 0 unspecified atom stereocenters. The maximum atomic E-state index is 11.1. The summed E-state index contributed by atoms with van der Waals surface area (Å²) < 4.78 is 0. The van der Waals surface area contributed by atoms with Crippen molar-refractivity contribution >= 4 is 29.0 Å². The number of rotatable bonds is 3. The first kappa shape index (κ1) is 11.8. The van der Waals surface area contributed by atoms with Crippen molar-refractivity contribution in [2.24, 2.45) is 5.73 Å². The van der Waals surface area contributed by atoms with E-state index in [1.54, 1.807) is 14.0 Å². The summed E-state index contributed by atoms with van der Waals surface area (Å²) in [6, 6.07) is 0. The summed E-state index contributed by atoms with van der Waals surface area (Å²) in [4.78, 5) is 23.6. The Bertz CT molecular complexity index is 230. The summed E-state index contributed by atoms with van der Waals surface area (Å²) >= 11 is 4.53. The number of carbonyl (C=O) groups is 2. The van der Waals surface area contributed by atoms with Crippen LogP contribution in [0.5, 0.6) is 0 Å². The molecule has 5 nitrogen and oxygen atoms in total. The number of nitrogens with one attached hydrogen (secondary N) is 1. The van der Waals surface area contributed by atoms with Crippen molar-refractivity contribution in [2.45, 2.75) is 6.92 Å². The smallest absolute Gasteiger partial charge is 0.311 e. The highest BCUT2D eigenvalue weighted by atomic mass is 32.1. The van der Waals surface area contributed by atoms with E-state index >= 15 is 0 Å². The van der Waals surface area contributed by atoms with Gasteiger partial charge in [-0.25, -0.2) is 0 Å². The molecule has 0 saturated carbocycles. The van der Waals surface area contributed by atoms with E-state index < -0.39 is 11.8 Å². The molecule has 0 spiro atoms. The first-order valence-electron chi connectivity index (χ1n) is 3.80. The molecule has 0 aliphatic carbocycles. The fraction of sp³-hybridized carbons (Fsp3) is 0.571. The third-order valence-corrected chi connectivity index (χ3v) is 1.58. The molecule has 6 heteroatoms. The Morgan fingerprint density at radius 3 is 2.46 bits per heavy atom. The van der Waals surface area contributed by atoms with E-state index in [9.17, 15) is 9.59 Å². The van der Waals surface area contributed by atoms with Gasteiger partial charge in [-0.15, -0.1) is 0 Å². The van der Waals surface area contributed by atoms with Gasteiger partial charge in [0, 0.05) is 13.6 Å². The van der Waals surface area contributed by atoms with Crippen molar-refractivity contribution in [1.29, 1.82) is 0 Å². The number of hydrogen-bond acceptors (Lipinski definition) is 3. The predicted molar refractivity (Wildman–Crippen MR) is 53.1 cm³/mol. The van der Waals surface area contributed by atoms with E-state index in [-0.39, 0.29) is 11.5 Å². The molecule has 0 aliphatic heterocycles. The predicted octanol–water partition coefficient (Wildman–Crippen LogP) is -1.13. The lowest BCUT2D eigenvalue weighted by atomic mass is 10.4. The number of carbonyl (C=O) groups excluding carboxylic acids is 2. The average Bonchev–Trinajstić information content (AvgIpc) is 2.11. The molecule has 0 aromatic heterocycles. The third-order valence-electron chi connectivity index (χ3n) is 1.44. The second-order valence-electron chi connectivity index (χ2n) is 2.47. The SMILES string of the molecule is CCN(C)C(=O)C(=O)NCC(N)=S. The normalized spacial score (nSPS) is 9.08. The molecule has 13 heavy (non-hydrogen) atoms. The average molecular weight is 203 g/mol.